The Morgan fingerprint density at radius 1 is 1.53 bits per heavy atom. The van der Waals surface area contributed by atoms with Gasteiger partial charge in [0.05, 0.1) is 19.3 Å². The number of pyridine rings is 1. The van der Waals surface area contributed by atoms with Gasteiger partial charge in [-0.3, -0.25) is 0 Å². The van der Waals surface area contributed by atoms with Crippen LogP contribution in [0.1, 0.15) is 26.3 Å². The second kappa shape index (κ2) is 5.50. The van der Waals surface area contributed by atoms with Crippen molar-refractivity contribution in [3.8, 4) is 0 Å². The van der Waals surface area contributed by atoms with Crippen LogP contribution in [0.3, 0.4) is 0 Å². The minimum absolute atomic E-state index is 0.421. The summed E-state index contributed by atoms with van der Waals surface area (Å²) in [5, 5.41) is 0. The van der Waals surface area contributed by atoms with Gasteiger partial charge in [0.25, 0.3) is 0 Å². The molecule has 1 atom stereocenters. The van der Waals surface area contributed by atoms with Gasteiger partial charge in [-0.2, -0.15) is 0 Å². The molecular weight excluding hydrogens is 212 g/mol. The molecule has 3 nitrogen and oxygen atoms in total. The number of hydrogen-bond donors (Lipinski definition) is 0. The van der Waals surface area contributed by atoms with Gasteiger partial charge in [0.15, 0.2) is 0 Å². The van der Waals surface area contributed by atoms with E-state index in [1.165, 1.54) is 5.56 Å². The molecule has 1 aromatic heterocycles. The first kappa shape index (κ1) is 12.4. The lowest BCUT2D eigenvalue weighted by molar-refractivity contribution is 0.0984. The van der Waals surface area contributed by atoms with E-state index in [2.05, 4.69) is 36.7 Å². The van der Waals surface area contributed by atoms with Crippen LogP contribution in [0.25, 0.3) is 0 Å². The highest BCUT2D eigenvalue weighted by Gasteiger charge is 2.22. The Balaban J connectivity index is 2.23. The van der Waals surface area contributed by atoms with Crippen LogP contribution in [-0.2, 0) is 11.2 Å². The monoisotopic (exact) mass is 234 g/mol. The molecule has 94 valence electrons. The predicted octanol–water partition coefficient (Wildman–Crippen LogP) is 2.51. The minimum Gasteiger partial charge on any atom is -0.377 e. The maximum Gasteiger partial charge on any atom is 0.132 e. The standard InChI is InChI=1S/C14H22N2O/c1-11(2)9-13-5-4-6-15-14(13)16-7-8-17-10-12(16)3/h4-6,11-12H,7-10H2,1-3H3. The molecule has 2 rings (SSSR count). The van der Waals surface area contributed by atoms with E-state index in [4.69, 9.17) is 4.74 Å². The Bertz CT molecular complexity index is 365. The lowest BCUT2D eigenvalue weighted by Gasteiger charge is -2.35. The van der Waals surface area contributed by atoms with Crippen molar-refractivity contribution in [2.45, 2.75) is 33.2 Å². The van der Waals surface area contributed by atoms with E-state index in [1.54, 1.807) is 0 Å². The smallest absolute Gasteiger partial charge is 0.132 e. The first-order valence-corrected chi connectivity index (χ1v) is 6.46. The summed E-state index contributed by atoms with van der Waals surface area (Å²) in [6, 6.07) is 4.65. The number of nitrogens with zero attached hydrogens (tertiary/aromatic N) is 2. The summed E-state index contributed by atoms with van der Waals surface area (Å²) in [6.07, 6.45) is 2.98. The fraction of sp³-hybridized carbons (Fsp3) is 0.643. The Kier molecular flexibility index (Phi) is 4.00. The third-order valence-corrected chi connectivity index (χ3v) is 3.14. The molecule has 0 bridgehead atoms. The molecule has 1 unspecified atom stereocenters. The van der Waals surface area contributed by atoms with Crippen LogP contribution in [0.2, 0.25) is 0 Å². The van der Waals surface area contributed by atoms with Crippen molar-refractivity contribution in [1.29, 1.82) is 0 Å². The van der Waals surface area contributed by atoms with Crippen molar-refractivity contribution in [1.82, 2.24) is 4.98 Å². The number of anilines is 1. The lowest BCUT2D eigenvalue weighted by atomic mass is 10.0. The third-order valence-electron chi connectivity index (χ3n) is 3.14. The van der Waals surface area contributed by atoms with Gasteiger partial charge in [0, 0.05) is 12.7 Å². The van der Waals surface area contributed by atoms with Crippen LogP contribution in [0.5, 0.6) is 0 Å². The summed E-state index contributed by atoms with van der Waals surface area (Å²) < 4.78 is 5.48. The van der Waals surface area contributed by atoms with E-state index in [-0.39, 0.29) is 0 Å². The van der Waals surface area contributed by atoms with E-state index < -0.39 is 0 Å². The molecule has 0 amide bonds. The summed E-state index contributed by atoms with van der Waals surface area (Å²) in [4.78, 5) is 6.95. The van der Waals surface area contributed by atoms with Gasteiger partial charge >= 0.3 is 0 Å². The molecule has 0 aliphatic carbocycles. The molecule has 1 aliphatic rings. The van der Waals surface area contributed by atoms with Crippen LogP contribution in [0.4, 0.5) is 5.82 Å². The lowest BCUT2D eigenvalue weighted by Crippen LogP contribution is -2.44. The largest absolute Gasteiger partial charge is 0.377 e. The van der Waals surface area contributed by atoms with Gasteiger partial charge in [-0.25, -0.2) is 4.98 Å². The molecule has 1 aromatic rings. The van der Waals surface area contributed by atoms with Crippen molar-refractivity contribution < 1.29 is 4.74 Å². The average Bonchev–Trinajstić information content (AvgIpc) is 2.30. The number of hydrogen-bond acceptors (Lipinski definition) is 3. The molecule has 1 fully saturated rings. The van der Waals surface area contributed by atoms with Crippen LogP contribution in [0, 0.1) is 5.92 Å². The van der Waals surface area contributed by atoms with Gasteiger partial charge in [-0.1, -0.05) is 19.9 Å². The maximum absolute atomic E-state index is 5.48. The van der Waals surface area contributed by atoms with Gasteiger partial charge in [-0.05, 0) is 30.9 Å². The van der Waals surface area contributed by atoms with Crippen molar-refractivity contribution in [2.75, 3.05) is 24.7 Å². The van der Waals surface area contributed by atoms with Crippen molar-refractivity contribution in [3.05, 3.63) is 23.9 Å². The van der Waals surface area contributed by atoms with Gasteiger partial charge in [-0.15, -0.1) is 0 Å². The zero-order valence-electron chi connectivity index (χ0n) is 11.0. The number of rotatable bonds is 3. The topological polar surface area (TPSA) is 25.4 Å². The molecule has 0 saturated carbocycles. The fourth-order valence-corrected chi connectivity index (χ4v) is 2.33. The molecule has 0 aromatic carbocycles. The van der Waals surface area contributed by atoms with E-state index in [9.17, 15) is 0 Å². The maximum atomic E-state index is 5.48. The van der Waals surface area contributed by atoms with E-state index in [0.29, 0.717) is 12.0 Å². The third kappa shape index (κ3) is 2.97. The molecule has 0 spiro atoms. The van der Waals surface area contributed by atoms with Crippen LogP contribution >= 0.6 is 0 Å². The van der Waals surface area contributed by atoms with E-state index >= 15 is 0 Å². The molecule has 17 heavy (non-hydrogen) atoms. The highest BCUT2D eigenvalue weighted by molar-refractivity contribution is 5.48. The summed E-state index contributed by atoms with van der Waals surface area (Å²) in [7, 11) is 0. The Hall–Kier alpha value is -1.09. The summed E-state index contributed by atoms with van der Waals surface area (Å²) in [5.41, 5.74) is 1.36. The van der Waals surface area contributed by atoms with E-state index in [1.807, 2.05) is 12.3 Å². The van der Waals surface area contributed by atoms with Crippen LogP contribution < -0.4 is 4.90 Å². The Morgan fingerprint density at radius 3 is 3.06 bits per heavy atom. The van der Waals surface area contributed by atoms with E-state index in [0.717, 1.165) is 32.0 Å². The highest BCUT2D eigenvalue weighted by Crippen LogP contribution is 2.23. The Labute approximate surface area is 104 Å². The molecule has 3 heteroatoms. The molecule has 1 aliphatic heterocycles. The van der Waals surface area contributed by atoms with Crippen molar-refractivity contribution in [3.63, 3.8) is 0 Å². The first-order chi connectivity index (χ1) is 8.18. The summed E-state index contributed by atoms with van der Waals surface area (Å²) >= 11 is 0. The number of morpholine rings is 1. The highest BCUT2D eigenvalue weighted by atomic mass is 16.5. The molecule has 0 radical (unpaired) electrons. The summed E-state index contributed by atoms with van der Waals surface area (Å²) in [5.74, 6) is 1.81. The molecule has 2 heterocycles. The molecule has 0 N–H and O–H groups in total. The van der Waals surface area contributed by atoms with Crippen molar-refractivity contribution >= 4 is 5.82 Å². The predicted molar refractivity (Wildman–Crippen MR) is 70.4 cm³/mol. The molecular formula is C14H22N2O. The number of aromatic nitrogens is 1. The minimum atomic E-state index is 0.421. The quantitative estimate of drug-likeness (QED) is 0.803. The van der Waals surface area contributed by atoms with Crippen molar-refractivity contribution in [2.24, 2.45) is 5.92 Å². The normalized spacial score (nSPS) is 20.9. The second-order valence-electron chi connectivity index (χ2n) is 5.20. The van der Waals surface area contributed by atoms with Crippen LogP contribution in [-0.4, -0.2) is 30.8 Å². The first-order valence-electron chi connectivity index (χ1n) is 6.46. The zero-order valence-corrected chi connectivity index (χ0v) is 11.0. The number of ether oxygens (including phenoxy) is 1. The van der Waals surface area contributed by atoms with Crippen LogP contribution in [0.15, 0.2) is 18.3 Å². The average molecular weight is 234 g/mol. The van der Waals surface area contributed by atoms with Gasteiger partial charge < -0.3 is 9.64 Å². The second-order valence-corrected chi connectivity index (χ2v) is 5.20. The van der Waals surface area contributed by atoms with Gasteiger partial charge in [0.1, 0.15) is 5.82 Å². The summed E-state index contributed by atoms with van der Waals surface area (Å²) in [6.45, 7) is 9.26. The Morgan fingerprint density at radius 2 is 2.35 bits per heavy atom. The SMILES string of the molecule is CC(C)Cc1cccnc1N1CCOCC1C. The van der Waals surface area contributed by atoms with Gasteiger partial charge in [0.2, 0.25) is 0 Å². The molecule has 1 saturated heterocycles. The fourth-order valence-electron chi connectivity index (χ4n) is 2.33. The zero-order chi connectivity index (χ0) is 12.3.